The number of amidine groups is 1. The van der Waals surface area contributed by atoms with Gasteiger partial charge in [0, 0.05) is 5.92 Å². The Morgan fingerprint density at radius 2 is 1.93 bits per heavy atom. The first-order valence-electron chi connectivity index (χ1n) is 5.86. The molecule has 1 aliphatic rings. The number of aliphatic imine (C=N–C) groups is 1. The molecular weight excluding hydrogens is 174 g/mol. The summed E-state index contributed by atoms with van der Waals surface area (Å²) in [4.78, 5) is 4.72. The van der Waals surface area contributed by atoms with Crippen molar-refractivity contribution in [1.29, 1.82) is 0 Å². The molecule has 14 heavy (non-hydrogen) atoms. The molecule has 1 saturated carbocycles. The minimum absolute atomic E-state index is 0.514. The standard InChI is InChI=1S/C11H23N3/c1-3-9(4-2)11(14-12)13-10-7-5-6-8-10/h9-10H,3-8,12H2,1-2H3,(H,13,14). The van der Waals surface area contributed by atoms with Gasteiger partial charge < -0.3 is 5.43 Å². The van der Waals surface area contributed by atoms with Crippen LogP contribution in [0.15, 0.2) is 4.99 Å². The van der Waals surface area contributed by atoms with Gasteiger partial charge in [-0.15, -0.1) is 0 Å². The summed E-state index contributed by atoms with van der Waals surface area (Å²) in [6.45, 7) is 4.38. The number of hydrazine groups is 1. The van der Waals surface area contributed by atoms with Gasteiger partial charge in [-0.3, -0.25) is 4.99 Å². The lowest BCUT2D eigenvalue weighted by Crippen LogP contribution is -2.36. The van der Waals surface area contributed by atoms with Crippen molar-refractivity contribution in [3.8, 4) is 0 Å². The minimum Gasteiger partial charge on any atom is -0.312 e. The van der Waals surface area contributed by atoms with Gasteiger partial charge >= 0.3 is 0 Å². The monoisotopic (exact) mass is 197 g/mol. The maximum absolute atomic E-state index is 5.52. The van der Waals surface area contributed by atoms with Crippen LogP contribution in [0.3, 0.4) is 0 Å². The molecule has 0 saturated heterocycles. The Labute approximate surface area is 87.1 Å². The molecule has 0 aliphatic heterocycles. The average Bonchev–Trinajstić information content (AvgIpc) is 2.70. The van der Waals surface area contributed by atoms with Crippen molar-refractivity contribution in [3.05, 3.63) is 0 Å². The predicted molar refractivity (Wildman–Crippen MR) is 61.1 cm³/mol. The Bertz CT molecular complexity index is 179. The third kappa shape index (κ3) is 2.98. The molecule has 1 aliphatic carbocycles. The van der Waals surface area contributed by atoms with Crippen LogP contribution >= 0.6 is 0 Å². The summed E-state index contributed by atoms with van der Waals surface area (Å²) < 4.78 is 0. The molecule has 0 radical (unpaired) electrons. The smallest absolute Gasteiger partial charge is 0.114 e. The summed E-state index contributed by atoms with van der Waals surface area (Å²) in [7, 11) is 0. The Hall–Kier alpha value is -0.570. The molecule has 1 rings (SSSR count). The zero-order valence-electron chi connectivity index (χ0n) is 9.42. The summed E-state index contributed by atoms with van der Waals surface area (Å²) in [5.41, 5.74) is 2.78. The number of nitrogens with two attached hydrogens (primary N) is 1. The van der Waals surface area contributed by atoms with Crippen molar-refractivity contribution in [3.63, 3.8) is 0 Å². The van der Waals surface area contributed by atoms with E-state index in [1.54, 1.807) is 0 Å². The topological polar surface area (TPSA) is 50.4 Å². The second-order valence-corrected chi connectivity index (χ2v) is 4.11. The second kappa shape index (κ2) is 6.02. The van der Waals surface area contributed by atoms with E-state index < -0.39 is 0 Å². The number of rotatable bonds is 4. The van der Waals surface area contributed by atoms with E-state index in [2.05, 4.69) is 19.3 Å². The lowest BCUT2D eigenvalue weighted by atomic mass is 10.0. The first-order chi connectivity index (χ1) is 6.81. The van der Waals surface area contributed by atoms with Crippen LogP contribution in [-0.4, -0.2) is 11.9 Å². The van der Waals surface area contributed by atoms with E-state index in [1.165, 1.54) is 25.7 Å². The highest BCUT2D eigenvalue weighted by Gasteiger charge is 2.17. The molecule has 0 aromatic carbocycles. The van der Waals surface area contributed by atoms with Gasteiger partial charge in [0.1, 0.15) is 5.84 Å². The van der Waals surface area contributed by atoms with Crippen molar-refractivity contribution < 1.29 is 0 Å². The van der Waals surface area contributed by atoms with Crippen LogP contribution in [0, 0.1) is 5.92 Å². The maximum atomic E-state index is 5.52. The van der Waals surface area contributed by atoms with Crippen molar-refractivity contribution in [2.45, 2.75) is 58.4 Å². The van der Waals surface area contributed by atoms with E-state index >= 15 is 0 Å². The van der Waals surface area contributed by atoms with E-state index in [0.717, 1.165) is 18.7 Å². The Balaban J connectivity index is 2.57. The first kappa shape index (κ1) is 11.5. The summed E-state index contributed by atoms with van der Waals surface area (Å²) in [6.07, 6.45) is 7.37. The molecule has 0 amide bonds. The second-order valence-electron chi connectivity index (χ2n) is 4.11. The Morgan fingerprint density at radius 1 is 1.36 bits per heavy atom. The fourth-order valence-corrected chi connectivity index (χ4v) is 2.17. The van der Waals surface area contributed by atoms with Gasteiger partial charge in [0.05, 0.1) is 6.04 Å². The van der Waals surface area contributed by atoms with Crippen LogP contribution in [0.4, 0.5) is 0 Å². The summed E-state index contributed by atoms with van der Waals surface area (Å²) in [5.74, 6) is 7.05. The fourth-order valence-electron chi connectivity index (χ4n) is 2.17. The van der Waals surface area contributed by atoms with Gasteiger partial charge in [-0.05, 0) is 25.7 Å². The third-order valence-electron chi connectivity index (χ3n) is 3.17. The largest absolute Gasteiger partial charge is 0.312 e. The molecule has 1 fully saturated rings. The van der Waals surface area contributed by atoms with Crippen molar-refractivity contribution in [2.75, 3.05) is 0 Å². The van der Waals surface area contributed by atoms with E-state index in [0.29, 0.717) is 12.0 Å². The Kier molecular flexibility index (Phi) is 4.94. The normalized spacial score (nSPS) is 19.3. The molecule has 3 N–H and O–H groups in total. The van der Waals surface area contributed by atoms with Gasteiger partial charge in [-0.1, -0.05) is 26.7 Å². The SMILES string of the molecule is CCC(CC)C(=NC1CCCC1)NN. The predicted octanol–water partition coefficient (Wildman–Crippen LogP) is 2.23. The van der Waals surface area contributed by atoms with Crippen molar-refractivity contribution >= 4 is 5.84 Å². The zero-order chi connectivity index (χ0) is 10.4. The molecule has 0 aromatic heterocycles. The molecule has 0 aromatic rings. The molecule has 3 nitrogen and oxygen atoms in total. The molecule has 0 unspecified atom stereocenters. The molecule has 0 atom stereocenters. The van der Waals surface area contributed by atoms with Crippen LogP contribution in [0.25, 0.3) is 0 Å². The molecule has 82 valence electrons. The van der Waals surface area contributed by atoms with Crippen LogP contribution < -0.4 is 11.3 Å². The van der Waals surface area contributed by atoms with E-state index in [1.807, 2.05) is 0 Å². The molecule has 0 bridgehead atoms. The Morgan fingerprint density at radius 3 is 2.36 bits per heavy atom. The maximum Gasteiger partial charge on any atom is 0.114 e. The van der Waals surface area contributed by atoms with Crippen LogP contribution in [0.2, 0.25) is 0 Å². The van der Waals surface area contributed by atoms with Crippen molar-refractivity contribution in [2.24, 2.45) is 16.8 Å². The number of nitrogens with one attached hydrogen (secondary N) is 1. The van der Waals surface area contributed by atoms with Crippen LogP contribution in [-0.2, 0) is 0 Å². The number of hydrogen-bond acceptors (Lipinski definition) is 2. The van der Waals surface area contributed by atoms with Gasteiger partial charge in [0.2, 0.25) is 0 Å². The number of nitrogens with zero attached hydrogens (tertiary/aromatic N) is 1. The highest BCUT2D eigenvalue weighted by atomic mass is 15.3. The molecule has 3 heteroatoms. The first-order valence-corrected chi connectivity index (χ1v) is 5.86. The van der Waals surface area contributed by atoms with Gasteiger partial charge in [0.25, 0.3) is 0 Å². The average molecular weight is 197 g/mol. The fraction of sp³-hybridized carbons (Fsp3) is 0.909. The van der Waals surface area contributed by atoms with E-state index in [-0.39, 0.29) is 0 Å². The number of hydrogen-bond donors (Lipinski definition) is 2. The lowest BCUT2D eigenvalue weighted by Gasteiger charge is -2.17. The lowest BCUT2D eigenvalue weighted by molar-refractivity contribution is 0.600. The summed E-state index contributed by atoms with van der Waals surface area (Å²) in [6, 6.07) is 0.529. The van der Waals surface area contributed by atoms with E-state index in [4.69, 9.17) is 10.8 Å². The molecule has 0 heterocycles. The highest BCUT2D eigenvalue weighted by molar-refractivity contribution is 5.84. The zero-order valence-corrected chi connectivity index (χ0v) is 9.42. The quantitative estimate of drug-likeness (QED) is 0.314. The van der Waals surface area contributed by atoms with Gasteiger partial charge in [-0.25, -0.2) is 5.84 Å². The van der Waals surface area contributed by atoms with Crippen molar-refractivity contribution in [1.82, 2.24) is 5.43 Å². The summed E-state index contributed by atoms with van der Waals surface area (Å²) in [5, 5.41) is 0. The van der Waals surface area contributed by atoms with Crippen LogP contribution in [0.5, 0.6) is 0 Å². The third-order valence-corrected chi connectivity index (χ3v) is 3.17. The van der Waals surface area contributed by atoms with Gasteiger partial charge in [-0.2, -0.15) is 0 Å². The van der Waals surface area contributed by atoms with Crippen LogP contribution in [0.1, 0.15) is 52.4 Å². The molecular formula is C11H23N3. The highest BCUT2D eigenvalue weighted by Crippen LogP contribution is 2.22. The minimum atomic E-state index is 0.514. The molecule has 0 spiro atoms. The van der Waals surface area contributed by atoms with Gasteiger partial charge in [0.15, 0.2) is 0 Å². The van der Waals surface area contributed by atoms with E-state index in [9.17, 15) is 0 Å². The summed E-state index contributed by atoms with van der Waals surface area (Å²) >= 11 is 0.